The minimum Gasteiger partial charge on any atom is -0.341 e. The molecule has 110 valence electrons. The minimum absolute atomic E-state index is 0.0186. The van der Waals surface area contributed by atoms with E-state index < -0.39 is 0 Å². The molecule has 1 aromatic carbocycles. The molecule has 0 aliphatic carbocycles. The molecule has 0 radical (unpaired) electrons. The van der Waals surface area contributed by atoms with Gasteiger partial charge < -0.3 is 10.2 Å². The fraction of sp³-hybridized carbons (Fsp3) is 0.400. The first-order chi connectivity index (χ1) is 9.94. The Morgan fingerprint density at radius 2 is 2.05 bits per heavy atom. The highest BCUT2D eigenvalue weighted by Gasteiger charge is 2.34. The second kappa shape index (κ2) is 5.11. The molecule has 6 heteroatoms. The van der Waals surface area contributed by atoms with E-state index in [0.29, 0.717) is 18.2 Å². The van der Waals surface area contributed by atoms with Gasteiger partial charge in [0.25, 0.3) is 0 Å². The monoisotopic (exact) mass is 303 g/mol. The minimum atomic E-state index is -0.122. The van der Waals surface area contributed by atoms with Gasteiger partial charge in [0.05, 0.1) is 16.1 Å². The molecule has 0 unspecified atom stereocenters. The van der Waals surface area contributed by atoms with E-state index in [4.69, 9.17) is 0 Å². The fourth-order valence-electron chi connectivity index (χ4n) is 2.53. The largest absolute Gasteiger partial charge is 0.341 e. The van der Waals surface area contributed by atoms with Crippen molar-refractivity contribution in [2.75, 3.05) is 18.4 Å². The number of aromatic nitrogens is 1. The topological polar surface area (TPSA) is 62.3 Å². The van der Waals surface area contributed by atoms with Gasteiger partial charge in [-0.2, -0.15) is 0 Å². The number of aryl methyl sites for hydroxylation is 2. The highest BCUT2D eigenvalue weighted by atomic mass is 32.1. The number of fused-ring (bicyclic) bond motifs is 1. The maximum absolute atomic E-state index is 12.1. The molecule has 1 aromatic heterocycles. The van der Waals surface area contributed by atoms with Gasteiger partial charge in [0.2, 0.25) is 11.8 Å². The molecular weight excluding hydrogens is 286 g/mol. The summed E-state index contributed by atoms with van der Waals surface area (Å²) in [6, 6.07) is 4.17. The highest BCUT2D eigenvalue weighted by molar-refractivity contribution is 7.22. The normalized spacial score (nSPS) is 15.1. The Bertz CT molecular complexity index is 732. The van der Waals surface area contributed by atoms with Crippen LogP contribution in [0.5, 0.6) is 0 Å². The van der Waals surface area contributed by atoms with Crippen LogP contribution in [0.25, 0.3) is 10.2 Å². The maximum Gasteiger partial charge on any atom is 0.232 e. The van der Waals surface area contributed by atoms with E-state index in [1.165, 1.54) is 23.8 Å². The van der Waals surface area contributed by atoms with Crippen molar-refractivity contribution in [3.05, 3.63) is 23.3 Å². The molecular formula is C15H17N3O2S. The zero-order valence-electron chi connectivity index (χ0n) is 12.3. The quantitative estimate of drug-likeness (QED) is 0.926. The first-order valence-corrected chi connectivity index (χ1v) is 7.70. The molecule has 0 bridgehead atoms. The SMILES string of the molecule is CC(=O)N1CC(C(=O)Nc2nc3c(C)cc(C)cc3s2)C1. The lowest BCUT2D eigenvalue weighted by molar-refractivity contribution is -0.139. The van der Waals surface area contributed by atoms with Gasteiger partial charge in [-0.15, -0.1) is 0 Å². The van der Waals surface area contributed by atoms with Crippen LogP contribution in [0.15, 0.2) is 12.1 Å². The third-order valence-electron chi connectivity index (χ3n) is 3.76. The van der Waals surface area contributed by atoms with Gasteiger partial charge in [0.15, 0.2) is 5.13 Å². The summed E-state index contributed by atoms with van der Waals surface area (Å²) in [6.07, 6.45) is 0. The fourth-order valence-corrected chi connectivity index (χ4v) is 3.58. The number of amides is 2. The molecule has 0 spiro atoms. The van der Waals surface area contributed by atoms with Gasteiger partial charge in [0, 0.05) is 20.0 Å². The van der Waals surface area contributed by atoms with Gasteiger partial charge >= 0.3 is 0 Å². The molecule has 3 rings (SSSR count). The van der Waals surface area contributed by atoms with Crippen LogP contribution in [-0.4, -0.2) is 34.8 Å². The number of likely N-dealkylation sites (tertiary alicyclic amines) is 1. The van der Waals surface area contributed by atoms with Crippen molar-refractivity contribution >= 4 is 38.5 Å². The van der Waals surface area contributed by atoms with Crippen molar-refractivity contribution in [2.24, 2.45) is 5.92 Å². The van der Waals surface area contributed by atoms with Gasteiger partial charge in [-0.3, -0.25) is 9.59 Å². The van der Waals surface area contributed by atoms with Crippen molar-refractivity contribution in [1.29, 1.82) is 0 Å². The number of hydrogen-bond acceptors (Lipinski definition) is 4. The number of carbonyl (C=O) groups is 2. The molecule has 1 N–H and O–H groups in total. The molecule has 1 fully saturated rings. The maximum atomic E-state index is 12.1. The van der Waals surface area contributed by atoms with E-state index in [2.05, 4.69) is 29.4 Å². The summed E-state index contributed by atoms with van der Waals surface area (Å²) in [5.41, 5.74) is 3.26. The van der Waals surface area contributed by atoms with E-state index >= 15 is 0 Å². The molecule has 0 saturated carbocycles. The second-order valence-electron chi connectivity index (χ2n) is 5.56. The molecule has 2 heterocycles. The zero-order valence-corrected chi connectivity index (χ0v) is 13.1. The summed E-state index contributed by atoms with van der Waals surface area (Å²) in [5, 5.41) is 3.50. The summed E-state index contributed by atoms with van der Waals surface area (Å²) < 4.78 is 1.08. The van der Waals surface area contributed by atoms with Crippen molar-refractivity contribution < 1.29 is 9.59 Å². The first kappa shape index (κ1) is 14.0. The predicted molar refractivity (Wildman–Crippen MR) is 83.5 cm³/mol. The van der Waals surface area contributed by atoms with E-state index in [1.54, 1.807) is 4.90 Å². The highest BCUT2D eigenvalue weighted by Crippen LogP contribution is 2.30. The van der Waals surface area contributed by atoms with E-state index in [1.807, 2.05) is 6.92 Å². The Hall–Kier alpha value is -1.95. The number of benzene rings is 1. The lowest BCUT2D eigenvalue weighted by atomic mass is 9.99. The smallest absolute Gasteiger partial charge is 0.232 e. The van der Waals surface area contributed by atoms with Crippen molar-refractivity contribution in [2.45, 2.75) is 20.8 Å². The average Bonchev–Trinajstić information content (AvgIpc) is 2.68. The summed E-state index contributed by atoms with van der Waals surface area (Å²) in [7, 11) is 0. The van der Waals surface area contributed by atoms with Crippen LogP contribution in [0, 0.1) is 19.8 Å². The number of anilines is 1. The molecule has 2 aromatic rings. The first-order valence-electron chi connectivity index (χ1n) is 6.88. The molecule has 1 aliphatic heterocycles. The van der Waals surface area contributed by atoms with Crippen molar-refractivity contribution in [1.82, 2.24) is 9.88 Å². The van der Waals surface area contributed by atoms with Gasteiger partial charge in [-0.25, -0.2) is 4.98 Å². The third kappa shape index (κ3) is 2.63. The Labute approximate surface area is 127 Å². The molecule has 0 atom stereocenters. The van der Waals surface area contributed by atoms with Crippen LogP contribution < -0.4 is 5.32 Å². The number of thiazole rings is 1. The molecule has 21 heavy (non-hydrogen) atoms. The number of nitrogens with zero attached hydrogens (tertiary/aromatic N) is 2. The second-order valence-corrected chi connectivity index (χ2v) is 6.59. The van der Waals surface area contributed by atoms with Crippen LogP contribution in [0.2, 0.25) is 0 Å². The summed E-state index contributed by atoms with van der Waals surface area (Å²) >= 11 is 1.49. The van der Waals surface area contributed by atoms with E-state index in [9.17, 15) is 9.59 Å². The Kier molecular flexibility index (Phi) is 3.41. The number of hydrogen-bond donors (Lipinski definition) is 1. The van der Waals surface area contributed by atoms with Crippen LogP contribution >= 0.6 is 11.3 Å². The zero-order chi connectivity index (χ0) is 15.1. The lowest BCUT2D eigenvalue weighted by Gasteiger charge is -2.37. The van der Waals surface area contributed by atoms with Crippen LogP contribution in [-0.2, 0) is 9.59 Å². The Balaban J connectivity index is 1.72. The van der Waals surface area contributed by atoms with Crippen LogP contribution in [0.4, 0.5) is 5.13 Å². The van der Waals surface area contributed by atoms with Gasteiger partial charge in [0.1, 0.15) is 0 Å². The van der Waals surface area contributed by atoms with Crippen LogP contribution in [0.3, 0.4) is 0 Å². The molecule has 2 amide bonds. The molecule has 1 saturated heterocycles. The Morgan fingerprint density at radius 3 is 2.71 bits per heavy atom. The third-order valence-corrected chi connectivity index (χ3v) is 4.68. The van der Waals surface area contributed by atoms with Gasteiger partial charge in [-0.1, -0.05) is 17.4 Å². The van der Waals surface area contributed by atoms with Crippen LogP contribution in [0.1, 0.15) is 18.1 Å². The summed E-state index contributed by atoms with van der Waals surface area (Å²) in [5.74, 6) is -0.158. The lowest BCUT2D eigenvalue weighted by Crippen LogP contribution is -2.53. The predicted octanol–water partition coefficient (Wildman–Crippen LogP) is 2.33. The summed E-state index contributed by atoms with van der Waals surface area (Å²) in [4.78, 5) is 29.4. The molecule has 1 aliphatic rings. The number of rotatable bonds is 2. The average molecular weight is 303 g/mol. The number of carbonyl (C=O) groups excluding carboxylic acids is 2. The van der Waals surface area contributed by atoms with Crippen molar-refractivity contribution in [3.63, 3.8) is 0 Å². The van der Waals surface area contributed by atoms with Crippen molar-refractivity contribution in [3.8, 4) is 0 Å². The van der Waals surface area contributed by atoms with E-state index in [0.717, 1.165) is 15.8 Å². The standard InChI is InChI=1S/C15H17N3O2S/c1-8-4-9(2)13-12(5-8)21-15(16-13)17-14(20)11-6-18(7-11)10(3)19/h4-5,11H,6-7H2,1-3H3,(H,16,17,20). The molecule has 5 nitrogen and oxygen atoms in total. The van der Waals surface area contributed by atoms with Gasteiger partial charge in [-0.05, 0) is 31.0 Å². The van der Waals surface area contributed by atoms with E-state index in [-0.39, 0.29) is 17.7 Å². The number of nitrogens with one attached hydrogen (secondary N) is 1. The summed E-state index contributed by atoms with van der Waals surface area (Å²) in [6.45, 7) is 6.60. The Morgan fingerprint density at radius 1 is 1.33 bits per heavy atom.